The first-order valence-electron chi connectivity index (χ1n) is 6.69. The normalized spacial score (nSPS) is 16.7. The number of halogens is 3. The van der Waals surface area contributed by atoms with Crippen LogP contribution in [0.3, 0.4) is 0 Å². The summed E-state index contributed by atoms with van der Waals surface area (Å²) in [5, 5.41) is 8.87. The Bertz CT molecular complexity index is 511. The van der Waals surface area contributed by atoms with Crippen molar-refractivity contribution in [3.63, 3.8) is 0 Å². The molecule has 1 aliphatic heterocycles. The molecule has 1 fully saturated rings. The van der Waals surface area contributed by atoms with Crippen LogP contribution in [0, 0.1) is 0 Å². The molecule has 1 aromatic carbocycles. The number of carbonyl (C=O) groups is 1. The highest BCUT2D eigenvalue weighted by Crippen LogP contribution is 2.29. The number of hydrogen-bond acceptors (Lipinski definition) is 3. The van der Waals surface area contributed by atoms with Gasteiger partial charge in [0.15, 0.2) is 0 Å². The average Bonchev–Trinajstić information content (AvgIpc) is 2.40. The molecule has 0 unspecified atom stereocenters. The predicted octanol–water partition coefficient (Wildman–Crippen LogP) is 3.27. The summed E-state index contributed by atoms with van der Waals surface area (Å²) in [5.41, 5.74) is 0.121. The Morgan fingerprint density at radius 1 is 1.24 bits per heavy atom. The van der Waals surface area contributed by atoms with Crippen molar-refractivity contribution in [2.75, 3.05) is 13.1 Å². The van der Waals surface area contributed by atoms with E-state index in [-0.39, 0.29) is 5.56 Å². The molecule has 0 aliphatic carbocycles. The smallest absolute Gasteiger partial charge is 0.478 e. The van der Waals surface area contributed by atoms with Gasteiger partial charge in [0.25, 0.3) is 0 Å². The van der Waals surface area contributed by atoms with Gasteiger partial charge in [-0.25, -0.2) is 4.79 Å². The molecule has 4 nitrogen and oxygen atoms in total. The van der Waals surface area contributed by atoms with Gasteiger partial charge in [-0.15, -0.1) is 13.2 Å². The van der Waals surface area contributed by atoms with Crippen LogP contribution in [0.15, 0.2) is 18.2 Å². The van der Waals surface area contributed by atoms with Crippen LogP contribution in [0.5, 0.6) is 5.75 Å². The molecule has 0 saturated carbocycles. The lowest BCUT2D eigenvalue weighted by atomic mass is 10.1. The fourth-order valence-electron chi connectivity index (χ4n) is 2.40. The summed E-state index contributed by atoms with van der Waals surface area (Å²) in [4.78, 5) is 12.9. The molecule has 0 radical (unpaired) electrons. The molecule has 1 aromatic rings. The quantitative estimate of drug-likeness (QED) is 0.927. The molecule has 0 spiro atoms. The van der Waals surface area contributed by atoms with Crippen LogP contribution in [0.25, 0.3) is 0 Å². The summed E-state index contributed by atoms with van der Waals surface area (Å²) >= 11 is 0. The molecule has 0 amide bonds. The Kier molecular flexibility index (Phi) is 4.72. The third-order valence-electron chi connectivity index (χ3n) is 3.38. The highest BCUT2D eigenvalue weighted by atomic mass is 19.4. The second-order valence-corrected chi connectivity index (χ2v) is 5.01. The Balaban J connectivity index is 2.23. The third-order valence-corrected chi connectivity index (χ3v) is 3.38. The number of ether oxygens (including phenoxy) is 1. The lowest BCUT2D eigenvalue weighted by molar-refractivity contribution is -0.275. The lowest BCUT2D eigenvalue weighted by Gasteiger charge is -2.27. The zero-order valence-corrected chi connectivity index (χ0v) is 11.3. The van der Waals surface area contributed by atoms with E-state index in [4.69, 9.17) is 5.11 Å². The molecule has 1 saturated heterocycles. The van der Waals surface area contributed by atoms with E-state index >= 15 is 0 Å². The minimum absolute atomic E-state index is 0.225. The van der Waals surface area contributed by atoms with Gasteiger partial charge < -0.3 is 9.84 Å². The zero-order valence-electron chi connectivity index (χ0n) is 11.3. The molecule has 7 heteroatoms. The fraction of sp³-hybridized carbons (Fsp3) is 0.500. The second kappa shape index (κ2) is 6.34. The van der Waals surface area contributed by atoms with Crippen molar-refractivity contribution >= 4 is 5.97 Å². The summed E-state index contributed by atoms with van der Waals surface area (Å²) in [7, 11) is 0. The molecule has 0 bridgehead atoms. The van der Waals surface area contributed by atoms with E-state index in [9.17, 15) is 18.0 Å². The van der Waals surface area contributed by atoms with E-state index in [0.29, 0.717) is 12.1 Å². The Labute approximate surface area is 120 Å². The molecule has 2 rings (SSSR count). The van der Waals surface area contributed by atoms with E-state index in [1.165, 1.54) is 12.1 Å². The SMILES string of the molecule is O=C(O)c1ccc(CN2CCCCC2)c(OC(F)(F)F)c1. The van der Waals surface area contributed by atoms with Gasteiger partial charge in [0, 0.05) is 12.1 Å². The molecular formula is C14H16F3NO3. The Morgan fingerprint density at radius 2 is 1.90 bits per heavy atom. The molecule has 1 aliphatic rings. The summed E-state index contributed by atoms with van der Waals surface area (Å²) in [5.74, 6) is -1.72. The summed E-state index contributed by atoms with van der Waals surface area (Å²) in [6.07, 6.45) is -1.68. The van der Waals surface area contributed by atoms with Crippen molar-refractivity contribution in [2.24, 2.45) is 0 Å². The summed E-state index contributed by atoms with van der Waals surface area (Å²) in [6, 6.07) is 3.61. The molecular weight excluding hydrogens is 287 g/mol. The monoisotopic (exact) mass is 303 g/mol. The highest BCUT2D eigenvalue weighted by Gasteiger charge is 2.32. The minimum Gasteiger partial charge on any atom is -0.478 e. The number of nitrogens with zero attached hydrogens (tertiary/aromatic N) is 1. The largest absolute Gasteiger partial charge is 0.573 e. The number of benzene rings is 1. The lowest BCUT2D eigenvalue weighted by Crippen LogP contribution is -2.29. The summed E-state index contributed by atoms with van der Waals surface area (Å²) in [6.45, 7) is 1.98. The maximum atomic E-state index is 12.4. The first-order valence-corrected chi connectivity index (χ1v) is 6.69. The maximum Gasteiger partial charge on any atom is 0.573 e. The van der Waals surface area contributed by atoms with Gasteiger partial charge in [-0.05, 0) is 38.1 Å². The van der Waals surface area contributed by atoms with E-state index in [1.807, 2.05) is 4.90 Å². The van der Waals surface area contributed by atoms with Gasteiger partial charge in [-0.3, -0.25) is 4.90 Å². The van der Waals surface area contributed by atoms with Crippen LogP contribution in [0.1, 0.15) is 35.2 Å². The number of aromatic carboxylic acids is 1. The fourth-order valence-corrected chi connectivity index (χ4v) is 2.40. The number of likely N-dealkylation sites (tertiary alicyclic amines) is 1. The van der Waals surface area contributed by atoms with Gasteiger partial charge in [0.05, 0.1) is 5.56 Å². The maximum absolute atomic E-state index is 12.4. The van der Waals surface area contributed by atoms with Gasteiger partial charge in [0.1, 0.15) is 5.75 Å². The minimum atomic E-state index is -4.84. The third kappa shape index (κ3) is 4.63. The van der Waals surface area contributed by atoms with Crippen molar-refractivity contribution in [3.05, 3.63) is 29.3 Å². The number of piperidine rings is 1. The Hall–Kier alpha value is -1.76. The van der Waals surface area contributed by atoms with Crippen LogP contribution in [-0.4, -0.2) is 35.4 Å². The number of carboxylic acid groups (broad SMARTS) is 1. The molecule has 21 heavy (non-hydrogen) atoms. The molecule has 0 atom stereocenters. The first-order chi connectivity index (χ1) is 9.85. The van der Waals surface area contributed by atoms with Gasteiger partial charge in [-0.2, -0.15) is 0 Å². The predicted molar refractivity (Wildman–Crippen MR) is 69.2 cm³/mol. The topological polar surface area (TPSA) is 49.8 Å². The number of alkyl halides is 3. The van der Waals surface area contributed by atoms with Crippen LogP contribution in [0.4, 0.5) is 13.2 Å². The van der Waals surface area contributed by atoms with Crippen molar-refractivity contribution < 1.29 is 27.8 Å². The van der Waals surface area contributed by atoms with Crippen LogP contribution < -0.4 is 4.74 Å². The molecule has 116 valence electrons. The van der Waals surface area contributed by atoms with Crippen molar-refractivity contribution in [1.29, 1.82) is 0 Å². The number of carboxylic acids is 1. The highest BCUT2D eigenvalue weighted by molar-refractivity contribution is 5.88. The number of hydrogen-bond donors (Lipinski definition) is 1. The van der Waals surface area contributed by atoms with E-state index in [2.05, 4.69) is 4.74 Å². The number of rotatable bonds is 4. The molecule has 1 N–H and O–H groups in total. The van der Waals surface area contributed by atoms with Crippen molar-refractivity contribution in [2.45, 2.75) is 32.2 Å². The van der Waals surface area contributed by atoms with Gasteiger partial charge in [-0.1, -0.05) is 12.5 Å². The van der Waals surface area contributed by atoms with E-state index < -0.39 is 18.1 Å². The van der Waals surface area contributed by atoms with Gasteiger partial charge >= 0.3 is 12.3 Å². The summed E-state index contributed by atoms with van der Waals surface area (Å²) < 4.78 is 41.3. The zero-order chi connectivity index (χ0) is 15.5. The standard InChI is InChI=1S/C14H16F3NO3/c15-14(16,17)21-12-8-10(13(19)20)4-5-11(12)9-18-6-2-1-3-7-18/h4-5,8H,1-3,6-7,9H2,(H,19,20). The average molecular weight is 303 g/mol. The van der Waals surface area contributed by atoms with E-state index in [1.54, 1.807) is 0 Å². The van der Waals surface area contributed by atoms with Crippen LogP contribution >= 0.6 is 0 Å². The molecule has 0 aromatic heterocycles. The van der Waals surface area contributed by atoms with Gasteiger partial charge in [0.2, 0.25) is 0 Å². The Morgan fingerprint density at radius 3 is 2.48 bits per heavy atom. The van der Waals surface area contributed by atoms with Crippen LogP contribution in [0.2, 0.25) is 0 Å². The first kappa shape index (κ1) is 15.6. The second-order valence-electron chi connectivity index (χ2n) is 5.01. The molecule has 1 heterocycles. The van der Waals surface area contributed by atoms with Crippen LogP contribution in [-0.2, 0) is 6.54 Å². The van der Waals surface area contributed by atoms with Crippen molar-refractivity contribution in [1.82, 2.24) is 4.90 Å². The van der Waals surface area contributed by atoms with E-state index in [0.717, 1.165) is 38.4 Å². The van der Waals surface area contributed by atoms with Crippen molar-refractivity contribution in [3.8, 4) is 5.75 Å².